The molecule has 0 amide bonds. The molecule has 0 aliphatic carbocycles. The Hall–Kier alpha value is -1.83. The zero-order valence-electron chi connectivity index (χ0n) is 8.95. The summed E-state index contributed by atoms with van der Waals surface area (Å²) in [4.78, 5) is 10.6. The van der Waals surface area contributed by atoms with Crippen LogP contribution in [0.25, 0.3) is 12.2 Å². The molecule has 0 saturated carbocycles. The molecular weight excluding hydrogens is 188 g/mol. The second-order valence-corrected chi connectivity index (χ2v) is 3.45. The monoisotopic (exact) mass is 202 g/mol. The summed E-state index contributed by atoms with van der Waals surface area (Å²) in [6.07, 6.45) is 3.41. The van der Waals surface area contributed by atoms with Crippen molar-refractivity contribution in [3.63, 3.8) is 0 Å². The van der Waals surface area contributed by atoms with Gasteiger partial charge in [-0.1, -0.05) is 24.8 Å². The number of hydrogen-bond acceptors (Lipinski definition) is 1. The maximum atomic E-state index is 10.6. The van der Waals surface area contributed by atoms with Crippen LogP contribution in [-0.4, -0.2) is 11.1 Å². The number of aliphatic carboxylic acids is 1. The van der Waals surface area contributed by atoms with E-state index in [9.17, 15) is 4.79 Å². The largest absolute Gasteiger partial charge is 0.478 e. The third-order valence-corrected chi connectivity index (χ3v) is 2.24. The van der Waals surface area contributed by atoms with E-state index >= 15 is 0 Å². The molecule has 0 aliphatic heterocycles. The Kier molecular flexibility index (Phi) is 3.45. The Morgan fingerprint density at radius 3 is 2.67 bits per heavy atom. The van der Waals surface area contributed by atoms with Crippen LogP contribution < -0.4 is 0 Å². The van der Waals surface area contributed by atoms with Gasteiger partial charge in [-0.25, -0.2) is 4.79 Å². The van der Waals surface area contributed by atoms with E-state index in [1.807, 2.05) is 25.1 Å². The lowest BCUT2D eigenvalue weighted by molar-refractivity contribution is -0.132. The highest BCUT2D eigenvalue weighted by atomic mass is 16.4. The fourth-order valence-electron chi connectivity index (χ4n) is 1.28. The second kappa shape index (κ2) is 4.60. The van der Waals surface area contributed by atoms with E-state index < -0.39 is 5.97 Å². The highest BCUT2D eigenvalue weighted by Gasteiger charge is 2.00. The number of carbonyl (C=O) groups is 1. The predicted octanol–water partition coefficient (Wildman–Crippen LogP) is 3.13. The van der Waals surface area contributed by atoms with Gasteiger partial charge in [0, 0.05) is 5.57 Å². The van der Waals surface area contributed by atoms with E-state index in [1.165, 1.54) is 0 Å². The lowest BCUT2D eigenvalue weighted by Crippen LogP contribution is -1.95. The fraction of sp³-hybridized carbons (Fsp3) is 0.154. The lowest BCUT2D eigenvalue weighted by atomic mass is 10.0. The molecule has 0 fully saturated rings. The summed E-state index contributed by atoms with van der Waals surface area (Å²) in [7, 11) is 0. The van der Waals surface area contributed by atoms with Crippen molar-refractivity contribution in [2.45, 2.75) is 13.8 Å². The van der Waals surface area contributed by atoms with Crippen molar-refractivity contribution in [2.75, 3.05) is 0 Å². The van der Waals surface area contributed by atoms with E-state index in [1.54, 1.807) is 19.1 Å². The molecule has 0 atom stereocenters. The zero-order valence-corrected chi connectivity index (χ0v) is 8.95. The first-order valence-electron chi connectivity index (χ1n) is 4.69. The van der Waals surface area contributed by atoms with Crippen molar-refractivity contribution in [2.24, 2.45) is 0 Å². The van der Waals surface area contributed by atoms with Crippen LogP contribution in [0.5, 0.6) is 0 Å². The van der Waals surface area contributed by atoms with E-state index in [4.69, 9.17) is 5.11 Å². The van der Waals surface area contributed by atoms with Crippen LogP contribution in [0.2, 0.25) is 0 Å². The van der Waals surface area contributed by atoms with Crippen molar-refractivity contribution in [1.82, 2.24) is 0 Å². The minimum Gasteiger partial charge on any atom is -0.478 e. The molecule has 1 rings (SSSR count). The van der Waals surface area contributed by atoms with Crippen molar-refractivity contribution in [3.8, 4) is 0 Å². The Balaban J connectivity index is 3.12. The van der Waals surface area contributed by atoms with Crippen LogP contribution in [0, 0.1) is 6.92 Å². The molecule has 1 N–H and O–H groups in total. The van der Waals surface area contributed by atoms with E-state index in [-0.39, 0.29) is 0 Å². The van der Waals surface area contributed by atoms with E-state index in [0.717, 1.165) is 16.7 Å². The van der Waals surface area contributed by atoms with E-state index in [0.29, 0.717) is 5.57 Å². The quantitative estimate of drug-likeness (QED) is 0.764. The third-order valence-electron chi connectivity index (χ3n) is 2.24. The average molecular weight is 202 g/mol. The van der Waals surface area contributed by atoms with Gasteiger partial charge in [0.1, 0.15) is 0 Å². The molecule has 0 heterocycles. The van der Waals surface area contributed by atoms with Gasteiger partial charge in [-0.15, -0.1) is 0 Å². The minimum atomic E-state index is -0.893. The number of benzene rings is 1. The summed E-state index contributed by atoms with van der Waals surface area (Å²) < 4.78 is 0. The van der Waals surface area contributed by atoms with E-state index in [2.05, 4.69) is 6.58 Å². The first kappa shape index (κ1) is 11.2. The zero-order chi connectivity index (χ0) is 11.4. The highest BCUT2D eigenvalue weighted by Crippen LogP contribution is 2.14. The summed E-state index contributed by atoms with van der Waals surface area (Å²) in [5.74, 6) is -0.893. The van der Waals surface area contributed by atoms with Crippen LogP contribution >= 0.6 is 0 Å². The lowest BCUT2D eigenvalue weighted by Gasteiger charge is -2.02. The SMILES string of the molecule is C=Cc1cc(C=C(C)C(=O)O)ccc1C. The molecular formula is C13H14O2. The van der Waals surface area contributed by atoms with Crippen LogP contribution in [-0.2, 0) is 4.79 Å². The van der Waals surface area contributed by atoms with Gasteiger partial charge in [0.05, 0.1) is 0 Å². The summed E-state index contributed by atoms with van der Waals surface area (Å²) in [5.41, 5.74) is 3.38. The maximum Gasteiger partial charge on any atom is 0.331 e. The molecule has 0 unspecified atom stereocenters. The summed E-state index contributed by atoms with van der Waals surface area (Å²) in [6.45, 7) is 7.28. The molecule has 0 aliphatic rings. The molecule has 0 aromatic heterocycles. The Morgan fingerprint density at radius 2 is 2.13 bits per heavy atom. The average Bonchev–Trinajstić information content (AvgIpc) is 2.20. The molecule has 15 heavy (non-hydrogen) atoms. The smallest absolute Gasteiger partial charge is 0.331 e. The van der Waals surface area contributed by atoms with Gasteiger partial charge in [-0.05, 0) is 42.7 Å². The van der Waals surface area contributed by atoms with Gasteiger partial charge in [-0.2, -0.15) is 0 Å². The van der Waals surface area contributed by atoms with Gasteiger partial charge < -0.3 is 5.11 Å². The van der Waals surface area contributed by atoms with Crippen molar-refractivity contribution in [1.29, 1.82) is 0 Å². The molecule has 0 saturated heterocycles. The summed E-state index contributed by atoms with van der Waals surface area (Å²) in [5, 5.41) is 8.74. The Labute approximate surface area is 89.6 Å². The Morgan fingerprint density at radius 1 is 1.47 bits per heavy atom. The number of rotatable bonds is 3. The number of hydrogen-bond donors (Lipinski definition) is 1. The number of carboxylic acids is 1. The maximum absolute atomic E-state index is 10.6. The van der Waals surface area contributed by atoms with Crippen LogP contribution in [0.1, 0.15) is 23.6 Å². The molecule has 0 spiro atoms. The third kappa shape index (κ3) is 2.81. The molecule has 0 radical (unpaired) electrons. The minimum absolute atomic E-state index is 0.328. The highest BCUT2D eigenvalue weighted by molar-refractivity contribution is 5.91. The first-order valence-corrected chi connectivity index (χ1v) is 4.69. The standard InChI is InChI=1S/C13H14O2/c1-4-12-8-11(6-5-9(12)2)7-10(3)13(14)15/h4-8H,1H2,2-3H3,(H,14,15). The topological polar surface area (TPSA) is 37.3 Å². The number of aryl methyl sites for hydroxylation is 1. The molecule has 1 aromatic rings. The summed E-state index contributed by atoms with van der Waals surface area (Å²) >= 11 is 0. The molecule has 1 aromatic carbocycles. The van der Waals surface area contributed by atoms with Crippen LogP contribution in [0.3, 0.4) is 0 Å². The Bertz CT molecular complexity index is 428. The first-order chi connectivity index (χ1) is 7.04. The molecule has 2 heteroatoms. The van der Waals surface area contributed by atoms with Crippen molar-refractivity contribution >= 4 is 18.1 Å². The van der Waals surface area contributed by atoms with Gasteiger partial charge in [-0.3, -0.25) is 0 Å². The second-order valence-electron chi connectivity index (χ2n) is 3.45. The normalized spacial score (nSPS) is 11.2. The predicted molar refractivity (Wildman–Crippen MR) is 62.6 cm³/mol. The number of carboxylic acid groups (broad SMARTS) is 1. The molecule has 78 valence electrons. The molecule has 2 nitrogen and oxygen atoms in total. The van der Waals surface area contributed by atoms with Gasteiger partial charge >= 0.3 is 5.97 Å². The van der Waals surface area contributed by atoms with Crippen LogP contribution in [0.4, 0.5) is 0 Å². The van der Waals surface area contributed by atoms with Gasteiger partial charge in [0.15, 0.2) is 0 Å². The van der Waals surface area contributed by atoms with Crippen molar-refractivity contribution in [3.05, 3.63) is 47.0 Å². The summed E-state index contributed by atoms with van der Waals surface area (Å²) in [6, 6.07) is 5.78. The van der Waals surface area contributed by atoms with Gasteiger partial charge in [0.25, 0.3) is 0 Å². The fourth-order valence-corrected chi connectivity index (χ4v) is 1.28. The van der Waals surface area contributed by atoms with Crippen molar-refractivity contribution < 1.29 is 9.90 Å². The van der Waals surface area contributed by atoms with Gasteiger partial charge in [0.2, 0.25) is 0 Å². The molecule has 0 bridgehead atoms. The van der Waals surface area contributed by atoms with Crippen LogP contribution in [0.15, 0.2) is 30.4 Å².